The van der Waals surface area contributed by atoms with E-state index in [9.17, 15) is 14.4 Å². The highest BCUT2D eigenvalue weighted by Crippen LogP contribution is 2.34. The van der Waals surface area contributed by atoms with E-state index in [0.717, 1.165) is 0 Å². The molecule has 1 amide bonds. The fraction of sp³-hybridized carbons (Fsp3) is 0.552. The van der Waals surface area contributed by atoms with Crippen LogP contribution in [0.2, 0.25) is 0 Å². The van der Waals surface area contributed by atoms with Crippen molar-refractivity contribution in [1.82, 2.24) is 5.32 Å². The lowest BCUT2D eigenvalue weighted by Crippen LogP contribution is -2.30. The molecule has 1 aromatic rings. The first kappa shape index (κ1) is 30.3. The second-order valence-electron chi connectivity index (χ2n) is 10.1. The van der Waals surface area contributed by atoms with Gasteiger partial charge in [-0.1, -0.05) is 25.2 Å². The number of nitrogens with one attached hydrogen (secondary N) is 1. The summed E-state index contributed by atoms with van der Waals surface area (Å²) in [6.45, 7) is 9.36. The third-order valence-electron chi connectivity index (χ3n) is 6.33. The molecule has 39 heavy (non-hydrogen) atoms. The fourth-order valence-corrected chi connectivity index (χ4v) is 4.22. The van der Waals surface area contributed by atoms with Crippen LogP contribution in [0.15, 0.2) is 30.4 Å². The average molecular weight is 546 g/mol. The lowest BCUT2D eigenvalue weighted by Gasteiger charge is -2.21. The van der Waals surface area contributed by atoms with Gasteiger partial charge < -0.3 is 33.7 Å². The molecule has 0 unspecified atom stereocenters. The van der Waals surface area contributed by atoms with Crippen molar-refractivity contribution in [3.05, 3.63) is 41.5 Å². The molecule has 0 aromatic heterocycles. The average Bonchev–Trinajstić information content (AvgIpc) is 3.18. The zero-order valence-corrected chi connectivity index (χ0v) is 23.5. The van der Waals surface area contributed by atoms with Gasteiger partial charge in [0, 0.05) is 32.6 Å². The molecule has 3 rings (SSSR count). The maximum atomic E-state index is 13.4. The van der Waals surface area contributed by atoms with Crippen LogP contribution in [0.5, 0.6) is 11.5 Å². The van der Waals surface area contributed by atoms with Gasteiger partial charge in [0.25, 0.3) is 0 Å². The van der Waals surface area contributed by atoms with Crippen molar-refractivity contribution in [2.75, 3.05) is 27.1 Å². The molecule has 2 aliphatic rings. The number of rotatable bonds is 8. The summed E-state index contributed by atoms with van der Waals surface area (Å²) in [5, 5.41) is 2.73. The van der Waals surface area contributed by atoms with Gasteiger partial charge in [0.15, 0.2) is 18.4 Å². The molecular weight excluding hydrogens is 506 g/mol. The van der Waals surface area contributed by atoms with Crippen molar-refractivity contribution in [1.29, 1.82) is 0 Å². The van der Waals surface area contributed by atoms with Crippen molar-refractivity contribution >= 4 is 23.7 Å². The maximum absolute atomic E-state index is 13.4. The molecule has 0 bridgehead atoms. The van der Waals surface area contributed by atoms with E-state index in [-0.39, 0.29) is 35.7 Å². The second kappa shape index (κ2) is 13.7. The van der Waals surface area contributed by atoms with Crippen molar-refractivity contribution < 1.29 is 42.8 Å². The number of amides is 1. The van der Waals surface area contributed by atoms with Crippen LogP contribution in [0, 0.1) is 5.92 Å². The molecule has 0 saturated carbocycles. The summed E-state index contributed by atoms with van der Waals surface area (Å²) in [7, 11) is 1.48. The maximum Gasteiger partial charge on any atom is 0.342 e. The van der Waals surface area contributed by atoms with E-state index in [1.54, 1.807) is 45.1 Å². The predicted octanol–water partition coefficient (Wildman–Crippen LogP) is 3.82. The number of esters is 1. The van der Waals surface area contributed by atoms with Crippen molar-refractivity contribution in [2.45, 2.75) is 71.6 Å². The Morgan fingerprint density at radius 1 is 1.13 bits per heavy atom. The quantitative estimate of drug-likeness (QED) is 0.295. The molecule has 1 saturated heterocycles. The minimum absolute atomic E-state index is 0.0871. The SMILES string of the molecule is COCOc1cc(OCCCNC(C)=O)cc2c1C(=O)O[C@@H](C)[C@H](C)/C=C\C(=O)[C@H]1OC(C)(C)O[C@H]1CC=C2. The molecule has 2 heterocycles. The van der Waals surface area contributed by atoms with Crippen LogP contribution < -0.4 is 14.8 Å². The number of methoxy groups -OCH3 is 1. The molecule has 2 aliphatic heterocycles. The number of carbonyl (C=O) groups is 3. The van der Waals surface area contributed by atoms with E-state index in [1.165, 1.54) is 20.1 Å². The van der Waals surface area contributed by atoms with Crippen LogP contribution in [0.4, 0.5) is 0 Å². The van der Waals surface area contributed by atoms with E-state index in [0.29, 0.717) is 37.3 Å². The summed E-state index contributed by atoms with van der Waals surface area (Å²) >= 11 is 0. The first-order chi connectivity index (χ1) is 18.5. The Hall–Kier alpha value is -3.21. The van der Waals surface area contributed by atoms with Crippen LogP contribution in [0.1, 0.15) is 63.4 Å². The first-order valence-electron chi connectivity index (χ1n) is 13.1. The van der Waals surface area contributed by atoms with Gasteiger partial charge in [0.05, 0.1) is 12.7 Å². The number of cyclic esters (lactones) is 1. The Morgan fingerprint density at radius 3 is 2.62 bits per heavy atom. The number of hydrogen-bond donors (Lipinski definition) is 1. The summed E-state index contributed by atoms with van der Waals surface area (Å²) in [6, 6.07) is 3.34. The van der Waals surface area contributed by atoms with Crippen LogP contribution in [-0.4, -0.2) is 68.8 Å². The highest BCUT2D eigenvalue weighted by molar-refractivity contribution is 5.97. The minimum Gasteiger partial charge on any atom is -0.493 e. The van der Waals surface area contributed by atoms with Crippen LogP contribution >= 0.6 is 0 Å². The van der Waals surface area contributed by atoms with E-state index in [2.05, 4.69) is 5.32 Å². The normalized spacial score (nSPS) is 25.6. The number of fused-ring (bicyclic) bond motifs is 2. The Morgan fingerprint density at radius 2 is 1.90 bits per heavy atom. The lowest BCUT2D eigenvalue weighted by molar-refractivity contribution is -0.152. The second-order valence-corrected chi connectivity index (χ2v) is 10.1. The summed E-state index contributed by atoms with van der Waals surface area (Å²) in [5.41, 5.74) is 0.740. The number of hydrogen-bond acceptors (Lipinski definition) is 9. The third kappa shape index (κ3) is 8.64. The number of carbonyl (C=O) groups excluding carboxylic acids is 3. The van der Waals surface area contributed by atoms with Gasteiger partial charge in [0.1, 0.15) is 29.3 Å². The molecular formula is C29H39NO9. The lowest BCUT2D eigenvalue weighted by atomic mass is 9.99. The molecule has 10 nitrogen and oxygen atoms in total. The number of ether oxygens (including phenoxy) is 6. The molecule has 1 fully saturated rings. The first-order valence-corrected chi connectivity index (χ1v) is 13.1. The van der Waals surface area contributed by atoms with Gasteiger partial charge in [-0.2, -0.15) is 0 Å². The van der Waals surface area contributed by atoms with Crippen molar-refractivity contribution in [3.63, 3.8) is 0 Å². The van der Waals surface area contributed by atoms with Gasteiger partial charge in [-0.05, 0) is 51.3 Å². The summed E-state index contributed by atoms with van der Waals surface area (Å²) < 4.78 is 34.5. The predicted molar refractivity (Wildman–Crippen MR) is 143 cm³/mol. The van der Waals surface area contributed by atoms with E-state index in [1.807, 2.05) is 13.0 Å². The van der Waals surface area contributed by atoms with E-state index < -0.39 is 30.1 Å². The van der Waals surface area contributed by atoms with Crippen molar-refractivity contribution in [3.8, 4) is 11.5 Å². The molecule has 10 heteroatoms. The third-order valence-corrected chi connectivity index (χ3v) is 6.33. The topological polar surface area (TPSA) is 119 Å². The van der Waals surface area contributed by atoms with Crippen LogP contribution in [-0.2, 0) is 28.5 Å². The van der Waals surface area contributed by atoms with E-state index in [4.69, 9.17) is 28.4 Å². The monoisotopic (exact) mass is 545 g/mol. The standard InChI is InChI=1S/C29H39NO9/c1-18-11-12-23(32)27-24(38-29(4,5)39-27)10-7-9-21-15-22(35-14-8-13-30-20(3)31)16-25(36-17-34-6)26(21)28(33)37-19(18)2/h7,9,11-12,15-16,18-19,24,27H,8,10,13-14,17H2,1-6H3,(H,30,31)/b9-7?,12-11-/t18-,19+,24+,27-/m1/s1. The van der Waals surface area contributed by atoms with Gasteiger partial charge in [0.2, 0.25) is 5.91 Å². The zero-order chi connectivity index (χ0) is 28.6. The number of benzene rings is 1. The molecule has 0 spiro atoms. The number of ketones is 1. The summed E-state index contributed by atoms with van der Waals surface area (Å²) in [5.74, 6) is -1.32. The highest BCUT2D eigenvalue weighted by Gasteiger charge is 2.43. The molecule has 214 valence electrons. The van der Waals surface area contributed by atoms with Gasteiger partial charge in [-0.25, -0.2) is 4.79 Å². The molecule has 0 aliphatic carbocycles. The summed E-state index contributed by atoms with van der Waals surface area (Å²) in [4.78, 5) is 37.5. The zero-order valence-electron chi connectivity index (χ0n) is 23.5. The Balaban J connectivity index is 1.98. The Labute approximate surface area is 229 Å². The Bertz CT molecular complexity index is 1090. The van der Waals surface area contributed by atoms with Gasteiger partial charge in [-0.3, -0.25) is 9.59 Å². The van der Waals surface area contributed by atoms with E-state index >= 15 is 0 Å². The summed E-state index contributed by atoms with van der Waals surface area (Å²) in [6.07, 6.45) is 5.94. The highest BCUT2D eigenvalue weighted by atomic mass is 16.8. The van der Waals surface area contributed by atoms with Gasteiger partial charge in [-0.15, -0.1) is 0 Å². The van der Waals surface area contributed by atoms with Crippen LogP contribution in [0.3, 0.4) is 0 Å². The molecule has 1 aromatic carbocycles. The van der Waals surface area contributed by atoms with Gasteiger partial charge >= 0.3 is 5.97 Å². The largest absolute Gasteiger partial charge is 0.493 e. The molecule has 1 N–H and O–H groups in total. The minimum atomic E-state index is -0.907. The Kier molecular flexibility index (Phi) is 10.7. The molecule has 4 atom stereocenters. The molecule has 0 radical (unpaired) electrons. The van der Waals surface area contributed by atoms with Crippen molar-refractivity contribution in [2.24, 2.45) is 5.92 Å². The van der Waals surface area contributed by atoms with Crippen LogP contribution in [0.25, 0.3) is 6.08 Å². The fourth-order valence-electron chi connectivity index (χ4n) is 4.22. The smallest absolute Gasteiger partial charge is 0.342 e.